The van der Waals surface area contributed by atoms with Crippen LogP contribution in [0.5, 0.6) is 0 Å². The Kier molecular flexibility index (Phi) is 2.16. The largest absolute Gasteiger partial charge is 0.478 e. The number of hydrogen-bond acceptors (Lipinski definition) is 2. The van der Waals surface area contributed by atoms with E-state index < -0.39 is 5.97 Å². The third-order valence-electron chi connectivity index (χ3n) is 5.59. The summed E-state index contributed by atoms with van der Waals surface area (Å²) in [4.78, 5) is 23.5. The molecule has 0 aliphatic heterocycles. The summed E-state index contributed by atoms with van der Waals surface area (Å²) < 4.78 is 0. The van der Waals surface area contributed by atoms with Crippen LogP contribution in [0.1, 0.15) is 40.0 Å². The van der Waals surface area contributed by atoms with Crippen molar-refractivity contribution < 1.29 is 14.7 Å². The van der Waals surface area contributed by atoms with Gasteiger partial charge in [0.2, 0.25) is 0 Å². The van der Waals surface area contributed by atoms with Crippen molar-refractivity contribution in [3.05, 3.63) is 11.6 Å². The second-order valence-corrected chi connectivity index (χ2v) is 7.14. The summed E-state index contributed by atoms with van der Waals surface area (Å²) in [6, 6.07) is 0. The molecule has 18 heavy (non-hydrogen) atoms. The van der Waals surface area contributed by atoms with E-state index >= 15 is 0 Å². The van der Waals surface area contributed by atoms with Gasteiger partial charge in [0, 0.05) is 23.8 Å². The lowest BCUT2D eigenvalue weighted by atomic mass is 9.67. The number of ketones is 1. The maximum Gasteiger partial charge on any atom is 0.331 e. The van der Waals surface area contributed by atoms with Gasteiger partial charge in [0.1, 0.15) is 5.78 Å². The van der Waals surface area contributed by atoms with Gasteiger partial charge in [0.05, 0.1) is 0 Å². The Balaban J connectivity index is 2.10. The quantitative estimate of drug-likeness (QED) is 0.776. The highest BCUT2D eigenvalue weighted by Gasteiger charge is 2.66. The molecule has 0 aromatic rings. The third kappa shape index (κ3) is 1.25. The van der Waals surface area contributed by atoms with Crippen molar-refractivity contribution in [2.75, 3.05) is 0 Å². The van der Waals surface area contributed by atoms with Gasteiger partial charge in [-0.15, -0.1) is 0 Å². The van der Waals surface area contributed by atoms with Crippen molar-refractivity contribution in [3.63, 3.8) is 0 Å². The normalized spacial score (nSPS) is 44.7. The predicted octanol–water partition coefficient (Wildman–Crippen LogP) is 2.66. The molecule has 3 rings (SSSR count). The fourth-order valence-electron chi connectivity index (χ4n) is 5.01. The van der Waals surface area contributed by atoms with Crippen molar-refractivity contribution in [1.82, 2.24) is 0 Å². The summed E-state index contributed by atoms with van der Waals surface area (Å²) in [7, 11) is 0. The number of hydrogen-bond donors (Lipinski definition) is 1. The van der Waals surface area contributed by atoms with E-state index in [-0.39, 0.29) is 34.4 Å². The van der Waals surface area contributed by atoms with Crippen LogP contribution in [-0.4, -0.2) is 16.9 Å². The van der Waals surface area contributed by atoms with E-state index in [1.807, 2.05) is 13.0 Å². The smallest absolute Gasteiger partial charge is 0.331 e. The van der Waals surface area contributed by atoms with E-state index in [0.29, 0.717) is 12.0 Å². The molecule has 0 unspecified atom stereocenters. The molecule has 3 heteroatoms. The van der Waals surface area contributed by atoms with Crippen LogP contribution in [0, 0.1) is 28.6 Å². The van der Waals surface area contributed by atoms with Crippen molar-refractivity contribution in [3.8, 4) is 0 Å². The second-order valence-electron chi connectivity index (χ2n) is 7.14. The minimum Gasteiger partial charge on any atom is -0.478 e. The second kappa shape index (κ2) is 3.25. The molecule has 3 aliphatic carbocycles. The highest BCUT2D eigenvalue weighted by molar-refractivity contribution is 5.93. The molecule has 0 aromatic heterocycles. The van der Waals surface area contributed by atoms with Crippen LogP contribution in [0.25, 0.3) is 0 Å². The Morgan fingerprint density at radius 1 is 1.44 bits per heavy atom. The molecule has 0 aromatic carbocycles. The van der Waals surface area contributed by atoms with Gasteiger partial charge < -0.3 is 5.11 Å². The first-order chi connectivity index (χ1) is 8.28. The Hall–Kier alpha value is -1.12. The van der Waals surface area contributed by atoms with Gasteiger partial charge in [-0.3, -0.25) is 4.79 Å². The highest BCUT2D eigenvalue weighted by Crippen LogP contribution is 2.69. The third-order valence-corrected chi connectivity index (χ3v) is 5.59. The highest BCUT2D eigenvalue weighted by atomic mass is 16.4. The van der Waals surface area contributed by atoms with Crippen LogP contribution in [0.4, 0.5) is 0 Å². The van der Waals surface area contributed by atoms with Crippen molar-refractivity contribution >= 4 is 11.8 Å². The summed E-state index contributed by atoms with van der Waals surface area (Å²) >= 11 is 0. The molecule has 4 atom stereocenters. The zero-order valence-corrected chi connectivity index (χ0v) is 11.2. The van der Waals surface area contributed by atoms with Gasteiger partial charge in [-0.25, -0.2) is 4.79 Å². The first-order valence-corrected chi connectivity index (χ1v) is 6.76. The average Bonchev–Trinajstić information content (AvgIpc) is 2.74. The molecule has 98 valence electrons. The maximum atomic E-state index is 12.1. The molecular formula is C15H20O3. The van der Waals surface area contributed by atoms with Crippen LogP contribution in [0.3, 0.4) is 0 Å². The fraction of sp³-hybridized carbons (Fsp3) is 0.733. The zero-order valence-electron chi connectivity index (χ0n) is 11.2. The molecule has 1 spiro atoms. The van der Waals surface area contributed by atoms with Crippen molar-refractivity contribution in [2.45, 2.75) is 40.0 Å². The van der Waals surface area contributed by atoms with Gasteiger partial charge in [-0.1, -0.05) is 26.8 Å². The lowest BCUT2D eigenvalue weighted by Gasteiger charge is -2.35. The van der Waals surface area contributed by atoms with Gasteiger partial charge in [-0.2, -0.15) is 0 Å². The van der Waals surface area contributed by atoms with Crippen LogP contribution >= 0.6 is 0 Å². The SMILES string of the molecule is C[C@@H]1C(=O)C[C@H]2C(C(=O)O)=C[C@@H]3CC(C)(C)C[C@]312. The summed E-state index contributed by atoms with van der Waals surface area (Å²) in [6.07, 6.45) is 4.39. The summed E-state index contributed by atoms with van der Waals surface area (Å²) in [6.45, 7) is 6.48. The molecule has 0 radical (unpaired) electrons. The molecule has 3 aliphatic rings. The summed E-state index contributed by atoms with van der Waals surface area (Å²) in [5, 5.41) is 9.34. The van der Waals surface area contributed by atoms with Gasteiger partial charge in [0.15, 0.2) is 0 Å². The lowest BCUT2D eigenvalue weighted by Crippen LogP contribution is -2.33. The first kappa shape index (κ1) is 11.9. The molecule has 0 saturated heterocycles. The molecule has 3 nitrogen and oxygen atoms in total. The Labute approximate surface area is 107 Å². The maximum absolute atomic E-state index is 12.1. The van der Waals surface area contributed by atoms with Gasteiger partial charge in [0.25, 0.3) is 0 Å². The van der Waals surface area contributed by atoms with E-state index in [0.717, 1.165) is 12.8 Å². The number of Topliss-reactive ketones (excluding diaryl/α,β-unsaturated/α-hetero) is 1. The van der Waals surface area contributed by atoms with Crippen LogP contribution in [0.15, 0.2) is 11.6 Å². The molecule has 0 amide bonds. The molecular weight excluding hydrogens is 228 g/mol. The molecule has 1 N–H and O–H groups in total. The van der Waals surface area contributed by atoms with E-state index in [9.17, 15) is 14.7 Å². The van der Waals surface area contributed by atoms with Crippen molar-refractivity contribution in [2.24, 2.45) is 28.6 Å². The number of rotatable bonds is 1. The Bertz CT molecular complexity index is 474. The number of carboxylic acids is 1. The predicted molar refractivity (Wildman–Crippen MR) is 66.9 cm³/mol. The fourth-order valence-corrected chi connectivity index (χ4v) is 5.01. The van der Waals surface area contributed by atoms with Crippen LogP contribution < -0.4 is 0 Å². The summed E-state index contributed by atoms with van der Waals surface area (Å²) in [5.41, 5.74) is 0.643. The van der Waals surface area contributed by atoms with Gasteiger partial charge in [-0.05, 0) is 29.6 Å². The number of aliphatic carboxylic acids is 1. The summed E-state index contributed by atoms with van der Waals surface area (Å²) in [5.74, 6) is -0.306. The first-order valence-electron chi connectivity index (χ1n) is 6.76. The van der Waals surface area contributed by atoms with E-state index in [2.05, 4.69) is 13.8 Å². The molecule has 2 fully saturated rings. The molecule has 2 saturated carbocycles. The monoisotopic (exact) mass is 248 g/mol. The number of allylic oxidation sites excluding steroid dienone is 1. The van der Waals surface area contributed by atoms with Gasteiger partial charge >= 0.3 is 5.97 Å². The Morgan fingerprint density at radius 2 is 2.11 bits per heavy atom. The van der Waals surface area contributed by atoms with E-state index in [1.54, 1.807) is 0 Å². The topological polar surface area (TPSA) is 54.4 Å². The van der Waals surface area contributed by atoms with Crippen molar-refractivity contribution in [1.29, 1.82) is 0 Å². The number of carboxylic acid groups (broad SMARTS) is 1. The van der Waals surface area contributed by atoms with Crippen LogP contribution in [0.2, 0.25) is 0 Å². The van der Waals surface area contributed by atoms with E-state index in [4.69, 9.17) is 0 Å². The minimum atomic E-state index is -0.825. The molecule has 0 heterocycles. The average molecular weight is 248 g/mol. The Morgan fingerprint density at radius 3 is 2.72 bits per heavy atom. The van der Waals surface area contributed by atoms with Crippen LogP contribution in [-0.2, 0) is 9.59 Å². The standard InChI is InChI=1S/C15H20O3/c1-8-12(16)5-11-10(13(17)18)4-9-6-14(2,3)7-15(8,9)11/h4,8-9,11H,5-7H2,1-3H3,(H,17,18)/t8-,9-,11+,15-/m1/s1. The number of carbonyl (C=O) groups excluding carboxylic acids is 1. The van der Waals surface area contributed by atoms with E-state index in [1.165, 1.54) is 0 Å². The zero-order chi connectivity index (χ0) is 13.3. The lowest BCUT2D eigenvalue weighted by molar-refractivity contribution is -0.133. The molecule has 0 bridgehead atoms. The number of carbonyl (C=O) groups is 2. The minimum absolute atomic E-state index is 0.0161.